The molecule has 0 atom stereocenters. The van der Waals surface area contributed by atoms with Gasteiger partial charge in [0, 0.05) is 25.7 Å². The van der Waals surface area contributed by atoms with Gasteiger partial charge in [-0.3, -0.25) is 4.79 Å². The SMILES string of the molecule is Cc1cc(N(CCC(=O)O)CCN2CCCCC2)no1. The minimum Gasteiger partial charge on any atom is -0.481 e. The molecule has 1 aliphatic heterocycles. The van der Waals surface area contributed by atoms with Crippen molar-refractivity contribution in [3.63, 3.8) is 0 Å². The van der Waals surface area contributed by atoms with Crippen LogP contribution in [0.3, 0.4) is 0 Å². The van der Waals surface area contributed by atoms with E-state index < -0.39 is 5.97 Å². The van der Waals surface area contributed by atoms with Gasteiger partial charge in [0.25, 0.3) is 0 Å². The van der Waals surface area contributed by atoms with Gasteiger partial charge in [-0.25, -0.2) is 0 Å². The highest BCUT2D eigenvalue weighted by molar-refractivity contribution is 5.67. The Hall–Kier alpha value is -1.56. The number of carboxylic acid groups (broad SMARTS) is 1. The van der Waals surface area contributed by atoms with Crippen molar-refractivity contribution in [2.24, 2.45) is 0 Å². The van der Waals surface area contributed by atoms with Crippen molar-refractivity contribution in [1.29, 1.82) is 0 Å². The summed E-state index contributed by atoms with van der Waals surface area (Å²) in [5.41, 5.74) is 0. The Balaban J connectivity index is 1.89. The number of hydrogen-bond donors (Lipinski definition) is 1. The molecule has 2 rings (SSSR count). The quantitative estimate of drug-likeness (QED) is 0.821. The number of likely N-dealkylation sites (tertiary alicyclic amines) is 1. The minimum absolute atomic E-state index is 0.117. The zero-order valence-electron chi connectivity index (χ0n) is 12.0. The van der Waals surface area contributed by atoms with Crippen molar-refractivity contribution in [3.8, 4) is 0 Å². The van der Waals surface area contributed by atoms with Crippen molar-refractivity contribution in [1.82, 2.24) is 10.1 Å². The van der Waals surface area contributed by atoms with E-state index in [-0.39, 0.29) is 6.42 Å². The first-order valence-corrected chi connectivity index (χ1v) is 7.27. The normalized spacial score (nSPS) is 16.2. The Kier molecular flexibility index (Phi) is 5.40. The van der Waals surface area contributed by atoms with E-state index in [4.69, 9.17) is 9.63 Å². The molecule has 1 aromatic rings. The first-order chi connectivity index (χ1) is 9.65. The number of rotatable bonds is 7. The van der Waals surface area contributed by atoms with Crippen LogP contribution in [0.25, 0.3) is 0 Å². The fourth-order valence-corrected chi connectivity index (χ4v) is 2.52. The Morgan fingerprint density at radius 3 is 2.75 bits per heavy atom. The average Bonchev–Trinajstić information content (AvgIpc) is 2.86. The lowest BCUT2D eigenvalue weighted by Crippen LogP contribution is -2.38. The third-order valence-electron chi connectivity index (χ3n) is 3.67. The molecule has 1 saturated heterocycles. The lowest BCUT2D eigenvalue weighted by Gasteiger charge is -2.29. The fraction of sp³-hybridized carbons (Fsp3) is 0.714. The topological polar surface area (TPSA) is 69.8 Å². The summed E-state index contributed by atoms with van der Waals surface area (Å²) in [6.45, 7) is 6.34. The summed E-state index contributed by atoms with van der Waals surface area (Å²) in [4.78, 5) is 15.2. The lowest BCUT2D eigenvalue weighted by molar-refractivity contribution is -0.136. The lowest BCUT2D eigenvalue weighted by atomic mass is 10.1. The van der Waals surface area contributed by atoms with Gasteiger partial charge in [0.05, 0.1) is 6.42 Å². The van der Waals surface area contributed by atoms with E-state index in [9.17, 15) is 4.79 Å². The summed E-state index contributed by atoms with van der Waals surface area (Å²) in [5, 5.41) is 12.8. The average molecular weight is 281 g/mol. The molecule has 0 aliphatic carbocycles. The molecule has 20 heavy (non-hydrogen) atoms. The summed E-state index contributed by atoms with van der Waals surface area (Å²) in [5.74, 6) is 0.701. The van der Waals surface area contributed by atoms with Gasteiger partial charge in [0.1, 0.15) is 5.76 Å². The smallest absolute Gasteiger partial charge is 0.305 e. The van der Waals surface area contributed by atoms with Crippen molar-refractivity contribution in [2.75, 3.05) is 37.6 Å². The number of aromatic nitrogens is 1. The Morgan fingerprint density at radius 2 is 2.15 bits per heavy atom. The number of nitrogens with zero attached hydrogens (tertiary/aromatic N) is 3. The van der Waals surface area contributed by atoms with Crippen LogP contribution in [0.5, 0.6) is 0 Å². The van der Waals surface area contributed by atoms with Crippen molar-refractivity contribution in [2.45, 2.75) is 32.6 Å². The largest absolute Gasteiger partial charge is 0.481 e. The van der Waals surface area contributed by atoms with Gasteiger partial charge in [-0.15, -0.1) is 0 Å². The van der Waals surface area contributed by atoms with E-state index in [2.05, 4.69) is 10.1 Å². The summed E-state index contributed by atoms with van der Waals surface area (Å²) >= 11 is 0. The number of piperidine rings is 1. The molecule has 6 heteroatoms. The zero-order chi connectivity index (χ0) is 14.4. The summed E-state index contributed by atoms with van der Waals surface area (Å²) in [6, 6.07) is 1.86. The molecule has 0 saturated carbocycles. The molecular formula is C14H23N3O3. The van der Waals surface area contributed by atoms with Gasteiger partial charge in [-0.1, -0.05) is 11.6 Å². The molecule has 1 aliphatic rings. The van der Waals surface area contributed by atoms with E-state index in [1.54, 1.807) is 0 Å². The summed E-state index contributed by atoms with van der Waals surface area (Å²) < 4.78 is 5.09. The Morgan fingerprint density at radius 1 is 1.40 bits per heavy atom. The molecule has 1 N–H and O–H groups in total. The fourth-order valence-electron chi connectivity index (χ4n) is 2.52. The van der Waals surface area contributed by atoms with Crippen LogP contribution in [0.4, 0.5) is 5.82 Å². The molecule has 1 aromatic heterocycles. The van der Waals surface area contributed by atoms with Crippen LogP contribution in [-0.2, 0) is 4.79 Å². The number of aliphatic carboxylic acids is 1. The van der Waals surface area contributed by atoms with Gasteiger partial charge in [0.15, 0.2) is 5.82 Å². The van der Waals surface area contributed by atoms with E-state index in [1.807, 2.05) is 17.9 Å². The predicted octanol–water partition coefficient (Wildman–Crippen LogP) is 1.75. The first-order valence-electron chi connectivity index (χ1n) is 7.27. The Labute approximate surface area is 119 Å². The second-order valence-electron chi connectivity index (χ2n) is 5.33. The number of aryl methyl sites for hydroxylation is 1. The third kappa shape index (κ3) is 4.52. The number of carbonyl (C=O) groups is 1. The molecule has 112 valence electrons. The standard InChI is InChI=1S/C14H23N3O3/c1-12-11-13(15-20-12)17(8-5-14(18)19)10-9-16-6-3-2-4-7-16/h11H,2-10H2,1H3,(H,18,19). The predicted molar refractivity (Wildman–Crippen MR) is 76.0 cm³/mol. The highest BCUT2D eigenvalue weighted by Gasteiger charge is 2.15. The zero-order valence-corrected chi connectivity index (χ0v) is 12.0. The van der Waals surface area contributed by atoms with Crippen molar-refractivity contribution >= 4 is 11.8 Å². The molecule has 2 heterocycles. The number of hydrogen-bond acceptors (Lipinski definition) is 5. The van der Waals surface area contributed by atoms with Crippen LogP contribution in [0.2, 0.25) is 0 Å². The highest BCUT2D eigenvalue weighted by atomic mass is 16.5. The minimum atomic E-state index is -0.784. The molecule has 1 fully saturated rings. The molecule has 0 spiro atoms. The van der Waals surface area contributed by atoms with Crippen LogP contribution in [0.15, 0.2) is 10.6 Å². The second-order valence-corrected chi connectivity index (χ2v) is 5.33. The molecule has 0 aromatic carbocycles. The third-order valence-corrected chi connectivity index (χ3v) is 3.67. The molecular weight excluding hydrogens is 258 g/mol. The first kappa shape index (κ1) is 14.8. The number of carboxylic acids is 1. The van der Waals surface area contributed by atoms with Gasteiger partial charge in [-0.2, -0.15) is 0 Å². The molecule has 0 unspecified atom stereocenters. The molecule has 0 radical (unpaired) electrons. The van der Waals surface area contributed by atoms with Crippen LogP contribution < -0.4 is 4.90 Å². The molecule has 0 bridgehead atoms. The summed E-state index contributed by atoms with van der Waals surface area (Å²) in [7, 11) is 0. The highest BCUT2D eigenvalue weighted by Crippen LogP contribution is 2.15. The van der Waals surface area contributed by atoms with E-state index >= 15 is 0 Å². The van der Waals surface area contributed by atoms with E-state index in [1.165, 1.54) is 19.3 Å². The van der Waals surface area contributed by atoms with Crippen LogP contribution in [-0.4, -0.2) is 53.9 Å². The maximum atomic E-state index is 10.8. The van der Waals surface area contributed by atoms with Gasteiger partial charge in [-0.05, 0) is 32.9 Å². The van der Waals surface area contributed by atoms with Crippen molar-refractivity contribution in [3.05, 3.63) is 11.8 Å². The van der Waals surface area contributed by atoms with Crippen LogP contribution in [0, 0.1) is 6.92 Å². The van der Waals surface area contributed by atoms with Gasteiger partial charge >= 0.3 is 5.97 Å². The molecule has 0 amide bonds. The van der Waals surface area contributed by atoms with Gasteiger partial charge in [0.2, 0.25) is 0 Å². The maximum absolute atomic E-state index is 10.8. The van der Waals surface area contributed by atoms with Crippen LogP contribution >= 0.6 is 0 Å². The van der Waals surface area contributed by atoms with E-state index in [0.717, 1.165) is 37.8 Å². The van der Waals surface area contributed by atoms with E-state index in [0.29, 0.717) is 6.54 Å². The number of anilines is 1. The Bertz CT molecular complexity index is 427. The van der Waals surface area contributed by atoms with Gasteiger partial charge < -0.3 is 19.4 Å². The van der Waals surface area contributed by atoms with Crippen molar-refractivity contribution < 1.29 is 14.4 Å². The second kappa shape index (κ2) is 7.28. The molecule has 6 nitrogen and oxygen atoms in total. The monoisotopic (exact) mass is 281 g/mol. The maximum Gasteiger partial charge on any atom is 0.305 e. The summed E-state index contributed by atoms with van der Waals surface area (Å²) in [6.07, 6.45) is 3.96. The van der Waals surface area contributed by atoms with Crippen LogP contribution in [0.1, 0.15) is 31.4 Å².